The molecule has 9 heteroatoms. The monoisotopic (exact) mass is 944 g/mol. The van der Waals surface area contributed by atoms with Crippen molar-refractivity contribution in [2.75, 3.05) is 13.2 Å². The van der Waals surface area contributed by atoms with Crippen LogP contribution in [-0.4, -0.2) is 87.5 Å². The van der Waals surface area contributed by atoms with Crippen molar-refractivity contribution in [3.63, 3.8) is 0 Å². The van der Waals surface area contributed by atoms with Crippen LogP contribution >= 0.6 is 0 Å². The first kappa shape index (κ1) is 62.9. The van der Waals surface area contributed by atoms with Crippen LogP contribution in [0.4, 0.5) is 0 Å². The second kappa shape index (κ2) is 47.6. The maximum atomic E-state index is 13.0. The van der Waals surface area contributed by atoms with Crippen LogP contribution in [-0.2, 0) is 14.3 Å². The molecule has 9 nitrogen and oxygen atoms in total. The number of aliphatic hydroxyl groups excluding tert-OH is 5. The Kier molecular flexibility index (Phi) is 44.7. The number of amides is 1. The van der Waals surface area contributed by atoms with Gasteiger partial charge in [-0.15, -0.1) is 0 Å². The van der Waals surface area contributed by atoms with Gasteiger partial charge in [0.05, 0.1) is 25.4 Å². The van der Waals surface area contributed by atoms with Crippen LogP contribution in [0, 0.1) is 0 Å². The predicted molar refractivity (Wildman–Crippen MR) is 281 cm³/mol. The summed E-state index contributed by atoms with van der Waals surface area (Å²) in [5.41, 5.74) is 0. The Labute approximate surface area is 411 Å². The number of carbonyl (C=O) groups is 1. The molecule has 0 bridgehead atoms. The molecule has 0 aromatic carbocycles. The maximum Gasteiger partial charge on any atom is 0.220 e. The zero-order valence-corrected chi connectivity index (χ0v) is 43.1. The number of allylic oxidation sites excluding steroid dienone is 9. The molecule has 0 aliphatic carbocycles. The smallest absolute Gasteiger partial charge is 0.220 e. The van der Waals surface area contributed by atoms with Crippen molar-refractivity contribution in [3.8, 4) is 0 Å². The Morgan fingerprint density at radius 3 is 1.43 bits per heavy atom. The molecule has 7 unspecified atom stereocenters. The van der Waals surface area contributed by atoms with E-state index < -0.39 is 49.5 Å². The van der Waals surface area contributed by atoms with Gasteiger partial charge < -0.3 is 40.3 Å². The highest BCUT2D eigenvalue weighted by atomic mass is 16.7. The van der Waals surface area contributed by atoms with Crippen LogP contribution in [0.3, 0.4) is 0 Å². The molecule has 7 atom stereocenters. The molecule has 1 aliphatic rings. The molecule has 1 aliphatic heterocycles. The van der Waals surface area contributed by atoms with E-state index in [-0.39, 0.29) is 12.5 Å². The summed E-state index contributed by atoms with van der Waals surface area (Å²) >= 11 is 0. The van der Waals surface area contributed by atoms with Crippen molar-refractivity contribution >= 4 is 5.91 Å². The minimum atomic E-state index is -1.58. The zero-order chi connectivity index (χ0) is 48.7. The van der Waals surface area contributed by atoms with Crippen LogP contribution < -0.4 is 5.32 Å². The Bertz CT molecular complexity index is 1230. The van der Waals surface area contributed by atoms with Crippen molar-refractivity contribution in [3.05, 3.63) is 60.8 Å². The van der Waals surface area contributed by atoms with Crippen molar-refractivity contribution in [2.45, 2.75) is 288 Å². The summed E-state index contributed by atoms with van der Waals surface area (Å²) in [6.07, 6.45) is 57.3. The van der Waals surface area contributed by atoms with Crippen LogP contribution in [0.15, 0.2) is 60.8 Å². The first-order chi connectivity index (χ1) is 32.8. The average Bonchev–Trinajstić information content (AvgIpc) is 3.33. The van der Waals surface area contributed by atoms with Gasteiger partial charge in [0, 0.05) is 6.42 Å². The SMILES string of the molecule is CC/C=C\C/C=C\C/C=C\CCCCCCCC(=O)NC(COC1OC(CO)C(O)C(O)C1O)C(O)/C=C/CC/C=C/CCCCCCCCCCCCCCCCCCCCCCCCC. The number of rotatable bonds is 47. The number of unbranched alkanes of at least 4 members (excludes halogenated alkanes) is 29. The molecule has 0 aromatic rings. The molecule has 6 N–H and O–H groups in total. The third kappa shape index (κ3) is 37.4. The van der Waals surface area contributed by atoms with Gasteiger partial charge in [0.15, 0.2) is 6.29 Å². The van der Waals surface area contributed by atoms with Crippen molar-refractivity contribution in [1.29, 1.82) is 0 Å². The lowest BCUT2D eigenvalue weighted by atomic mass is 9.99. The second-order valence-electron chi connectivity index (χ2n) is 19.3. The molecule has 390 valence electrons. The highest BCUT2D eigenvalue weighted by Gasteiger charge is 2.44. The Morgan fingerprint density at radius 1 is 0.522 bits per heavy atom. The molecule has 67 heavy (non-hydrogen) atoms. The van der Waals surface area contributed by atoms with E-state index >= 15 is 0 Å². The summed E-state index contributed by atoms with van der Waals surface area (Å²) in [6.45, 7) is 3.65. The summed E-state index contributed by atoms with van der Waals surface area (Å²) in [5.74, 6) is -0.204. The van der Waals surface area contributed by atoms with Crippen LogP contribution in [0.25, 0.3) is 0 Å². The fourth-order valence-corrected chi connectivity index (χ4v) is 8.66. The van der Waals surface area contributed by atoms with Crippen molar-refractivity contribution < 1.29 is 39.8 Å². The summed E-state index contributed by atoms with van der Waals surface area (Å²) in [4.78, 5) is 13.0. The van der Waals surface area contributed by atoms with E-state index in [2.05, 4.69) is 67.8 Å². The Morgan fingerprint density at radius 2 is 0.940 bits per heavy atom. The highest BCUT2D eigenvalue weighted by molar-refractivity contribution is 5.76. The lowest BCUT2D eigenvalue weighted by Gasteiger charge is -2.40. The number of ether oxygens (including phenoxy) is 2. The molecule has 1 amide bonds. The average molecular weight is 944 g/mol. The first-order valence-electron chi connectivity index (χ1n) is 28.0. The molecule has 0 saturated carbocycles. The Balaban J connectivity index is 2.23. The van der Waals surface area contributed by atoms with Gasteiger partial charge >= 0.3 is 0 Å². The number of hydrogen-bond acceptors (Lipinski definition) is 8. The third-order valence-corrected chi connectivity index (χ3v) is 13.1. The van der Waals surface area contributed by atoms with Crippen LogP contribution in [0.5, 0.6) is 0 Å². The quantitative estimate of drug-likeness (QED) is 0.0261. The van der Waals surface area contributed by atoms with E-state index in [1.54, 1.807) is 6.08 Å². The van der Waals surface area contributed by atoms with E-state index in [4.69, 9.17) is 9.47 Å². The number of aliphatic hydroxyl groups is 5. The van der Waals surface area contributed by atoms with Gasteiger partial charge in [-0.05, 0) is 64.2 Å². The summed E-state index contributed by atoms with van der Waals surface area (Å²) in [5, 5.41) is 54.4. The molecule has 0 aromatic heterocycles. The molecular formula is C58H105NO8. The van der Waals surface area contributed by atoms with Gasteiger partial charge in [0.25, 0.3) is 0 Å². The largest absolute Gasteiger partial charge is 0.394 e. The van der Waals surface area contributed by atoms with Crippen molar-refractivity contribution in [1.82, 2.24) is 5.32 Å². The van der Waals surface area contributed by atoms with Gasteiger partial charge in [-0.25, -0.2) is 0 Å². The Hall–Kier alpha value is -2.11. The van der Waals surface area contributed by atoms with Gasteiger partial charge in [-0.2, -0.15) is 0 Å². The molecule has 1 fully saturated rings. The van der Waals surface area contributed by atoms with Crippen molar-refractivity contribution in [2.24, 2.45) is 0 Å². The maximum absolute atomic E-state index is 13.0. The fraction of sp³-hybridized carbons (Fsp3) is 0.810. The molecular weight excluding hydrogens is 839 g/mol. The first-order valence-corrected chi connectivity index (χ1v) is 28.0. The number of carbonyl (C=O) groups excluding carboxylic acids is 1. The standard InChI is InChI=1S/C58H105NO8/c1-3-5-7-9-11-13-15-17-19-20-21-22-23-24-25-26-27-28-29-30-31-32-34-35-37-39-41-43-45-47-52(61)51(50-66-58-57(65)56(64)55(63)53(49-60)67-58)59-54(62)48-46-44-42-40-38-36-33-18-16-14-12-10-8-6-4-2/h6,8,12,14,18,33,37,39,45,47,51-53,55-58,60-61,63-65H,3-5,7,9-11,13,15-17,19-32,34-36,38,40-44,46,48-50H2,1-2H3,(H,59,62)/b8-6-,14-12-,33-18-,39-37+,47-45+. The summed E-state index contributed by atoms with van der Waals surface area (Å²) in [6, 6.07) is -0.833. The molecule has 0 spiro atoms. The number of nitrogens with one attached hydrogen (secondary N) is 1. The van der Waals surface area contributed by atoms with Gasteiger partial charge in [-0.3, -0.25) is 4.79 Å². The number of hydrogen-bond donors (Lipinski definition) is 6. The van der Waals surface area contributed by atoms with Crippen LogP contribution in [0.1, 0.15) is 245 Å². The minimum absolute atomic E-state index is 0.204. The zero-order valence-electron chi connectivity index (χ0n) is 43.1. The highest BCUT2D eigenvalue weighted by Crippen LogP contribution is 2.23. The molecule has 1 heterocycles. The van der Waals surface area contributed by atoms with E-state index in [1.807, 2.05) is 6.08 Å². The van der Waals surface area contributed by atoms with Gasteiger partial charge in [-0.1, -0.05) is 235 Å². The lowest BCUT2D eigenvalue weighted by Crippen LogP contribution is -2.60. The van der Waals surface area contributed by atoms with Gasteiger partial charge in [0.2, 0.25) is 5.91 Å². The summed E-state index contributed by atoms with van der Waals surface area (Å²) < 4.78 is 11.2. The normalized spacial score (nSPS) is 20.1. The molecule has 1 rings (SSSR count). The fourth-order valence-electron chi connectivity index (χ4n) is 8.66. The molecule has 0 radical (unpaired) electrons. The third-order valence-electron chi connectivity index (χ3n) is 13.1. The van der Waals surface area contributed by atoms with E-state index in [1.165, 1.54) is 148 Å². The van der Waals surface area contributed by atoms with Gasteiger partial charge in [0.1, 0.15) is 24.4 Å². The topological polar surface area (TPSA) is 149 Å². The lowest BCUT2D eigenvalue weighted by molar-refractivity contribution is -0.302. The van der Waals surface area contributed by atoms with E-state index in [0.29, 0.717) is 6.42 Å². The van der Waals surface area contributed by atoms with E-state index in [9.17, 15) is 30.3 Å². The molecule has 1 saturated heterocycles. The minimum Gasteiger partial charge on any atom is -0.394 e. The summed E-state index contributed by atoms with van der Waals surface area (Å²) in [7, 11) is 0. The van der Waals surface area contributed by atoms with E-state index in [0.717, 1.165) is 77.0 Å². The second-order valence-corrected chi connectivity index (χ2v) is 19.3. The predicted octanol–water partition coefficient (Wildman–Crippen LogP) is 13.5. The van der Waals surface area contributed by atoms with Crippen LogP contribution in [0.2, 0.25) is 0 Å².